The fourth-order valence-electron chi connectivity index (χ4n) is 2.48. The lowest BCUT2D eigenvalue weighted by Gasteiger charge is -2.28. The zero-order valence-corrected chi connectivity index (χ0v) is 13.2. The molecule has 1 amide bonds. The van der Waals surface area contributed by atoms with Crippen LogP contribution in [0.4, 0.5) is 17.5 Å². The first kappa shape index (κ1) is 15.5. The molecule has 0 bridgehead atoms. The van der Waals surface area contributed by atoms with Crippen molar-refractivity contribution in [3.8, 4) is 0 Å². The van der Waals surface area contributed by atoms with Gasteiger partial charge >= 0.3 is 0 Å². The van der Waals surface area contributed by atoms with Crippen molar-refractivity contribution in [2.24, 2.45) is 0 Å². The highest BCUT2D eigenvalue weighted by Gasteiger charge is 2.17. The first-order valence-corrected chi connectivity index (χ1v) is 7.71. The zero-order chi connectivity index (χ0) is 15.2. The summed E-state index contributed by atoms with van der Waals surface area (Å²) in [7, 11) is 3.86. The van der Waals surface area contributed by atoms with Gasteiger partial charge in [-0.1, -0.05) is 6.92 Å². The van der Waals surface area contributed by atoms with Gasteiger partial charge in [0.05, 0.1) is 6.20 Å². The fraction of sp³-hybridized carbons (Fsp3) is 0.667. The van der Waals surface area contributed by atoms with Crippen molar-refractivity contribution in [2.45, 2.75) is 39.0 Å². The molecular weight excluding hydrogens is 266 g/mol. The summed E-state index contributed by atoms with van der Waals surface area (Å²) >= 11 is 0. The third-order valence-corrected chi connectivity index (χ3v) is 3.57. The molecule has 2 heterocycles. The molecule has 1 N–H and O–H groups in total. The van der Waals surface area contributed by atoms with E-state index in [0.717, 1.165) is 31.3 Å². The highest BCUT2D eigenvalue weighted by Crippen LogP contribution is 2.25. The SMILES string of the molecule is CCCC(=O)Nc1cnc(N2CCCCC2)nc1N(C)C. The quantitative estimate of drug-likeness (QED) is 0.901. The number of carbonyl (C=O) groups excluding carboxylic acids is 1. The molecule has 1 aromatic heterocycles. The van der Waals surface area contributed by atoms with Crippen LogP contribution in [0.2, 0.25) is 0 Å². The second-order valence-electron chi connectivity index (χ2n) is 5.65. The summed E-state index contributed by atoms with van der Waals surface area (Å²) in [5, 5.41) is 2.90. The average molecular weight is 291 g/mol. The van der Waals surface area contributed by atoms with E-state index >= 15 is 0 Å². The molecule has 1 aliphatic rings. The number of nitrogens with zero attached hydrogens (tertiary/aromatic N) is 4. The first-order valence-electron chi connectivity index (χ1n) is 7.71. The lowest BCUT2D eigenvalue weighted by atomic mass is 10.1. The summed E-state index contributed by atoms with van der Waals surface area (Å²) in [6.07, 6.45) is 6.73. The van der Waals surface area contributed by atoms with Gasteiger partial charge < -0.3 is 15.1 Å². The van der Waals surface area contributed by atoms with E-state index < -0.39 is 0 Å². The Morgan fingerprint density at radius 1 is 1.33 bits per heavy atom. The van der Waals surface area contributed by atoms with Crippen molar-refractivity contribution >= 4 is 23.4 Å². The molecule has 116 valence electrons. The standard InChI is InChI=1S/C15H25N5O/c1-4-8-13(21)17-12-11-16-15(18-14(12)19(2)3)20-9-6-5-7-10-20/h11H,4-10H2,1-3H3,(H,17,21). The van der Waals surface area contributed by atoms with Crippen molar-refractivity contribution in [1.29, 1.82) is 0 Å². The molecule has 1 saturated heterocycles. The van der Waals surface area contributed by atoms with Crippen LogP contribution in [-0.2, 0) is 4.79 Å². The van der Waals surface area contributed by atoms with Gasteiger partial charge in [0.25, 0.3) is 0 Å². The van der Waals surface area contributed by atoms with Gasteiger partial charge in [-0.15, -0.1) is 0 Å². The number of carbonyl (C=O) groups is 1. The van der Waals surface area contributed by atoms with Gasteiger partial charge in [-0.05, 0) is 25.7 Å². The smallest absolute Gasteiger partial charge is 0.227 e. The Bertz CT molecular complexity index is 483. The van der Waals surface area contributed by atoms with E-state index in [1.165, 1.54) is 19.3 Å². The minimum atomic E-state index is 0.00919. The van der Waals surface area contributed by atoms with E-state index in [9.17, 15) is 4.79 Å². The molecular formula is C15H25N5O. The highest BCUT2D eigenvalue weighted by molar-refractivity contribution is 5.93. The second kappa shape index (κ2) is 7.24. The Kier molecular flexibility index (Phi) is 5.36. The lowest BCUT2D eigenvalue weighted by Crippen LogP contribution is -2.31. The van der Waals surface area contributed by atoms with Gasteiger partial charge in [0, 0.05) is 33.6 Å². The molecule has 21 heavy (non-hydrogen) atoms. The minimum Gasteiger partial charge on any atom is -0.361 e. The number of rotatable bonds is 5. The van der Waals surface area contributed by atoms with Crippen LogP contribution in [0.25, 0.3) is 0 Å². The summed E-state index contributed by atoms with van der Waals surface area (Å²) in [5.41, 5.74) is 0.680. The van der Waals surface area contributed by atoms with Gasteiger partial charge in [-0.25, -0.2) is 4.98 Å². The van der Waals surface area contributed by atoms with Crippen LogP contribution in [0.3, 0.4) is 0 Å². The fourth-order valence-corrected chi connectivity index (χ4v) is 2.48. The zero-order valence-electron chi connectivity index (χ0n) is 13.2. The van der Waals surface area contributed by atoms with Gasteiger partial charge in [-0.3, -0.25) is 4.79 Å². The van der Waals surface area contributed by atoms with Crippen molar-refractivity contribution < 1.29 is 4.79 Å². The summed E-state index contributed by atoms with van der Waals surface area (Å²) in [6, 6.07) is 0. The number of aromatic nitrogens is 2. The lowest BCUT2D eigenvalue weighted by molar-refractivity contribution is -0.116. The Morgan fingerprint density at radius 2 is 2.05 bits per heavy atom. The van der Waals surface area contributed by atoms with Crippen LogP contribution in [0.5, 0.6) is 0 Å². The molecule has 0 unspecified atom stereocenters. The Labute approximate surface area is 126 Å². The van der Waals surface area contributed by atoms with Crippen LogP contribution >= 0.6 is 0 Å². The van der Waals surface area contributed by atoms with Crippen molar-refractivity contribution in [3.63, 3.8) is 0 Å². The normalized spacial score (nSPS) is 14.9. The maximum atomic E-state index is 11.8. The second-order valence-corrected chi connectivity index (χ2v) is 5.65. The number of nitrogens with one attached hydrogen (secondary N) is 1. The third kappa shape index (κ3) is 4.06. The van der Waals surface area contributed by atoms with Crippen LogP contribution in [-0.4, -0.2) is 43.1 Å². The first-order chi connectivity index (χ1) is 10.1. The van der Waals surface area contributed by atoms with Gasteiger partial charge in [0.15, 0.2) is 5.82 Å². The molecule has 0 saturated carbocycles. The molecule has 1 fully saturated rings. The van der Waals surface area contributed by atoms with Crippen LogP contribution in [0.15, 0.2) is 6.20 Å². The summed E-state index contributed by atoms with van der Waals surface area (Å²) in [6.45, 7) is 4.01. The number of piperidine rings is 1. The number of amides is 1. The maximum Gasteiger partial charge on any atom is 0.227 e. The van der Waals surface area contributed by atoms with Crippen molar-refractivity contribution in [2.75, 3.05) is 42.3 Å². The molecule has 6 nitrogen and oxygen atoms in total. The summed E-state index contributed by atoms with van der Waals surface area (Å²) in [5.74, 6) is 1.52. The average Bonchev–Trinajstić information content (AvgIpc) is 2.48. The largest absolute Gasteiger partial charge is 0.361 e. The molecule has 1 aromatic rings. The summed E-state index contributed by atoms with van der Waals surface area (Å²) in [4.78, 5) is 25.0. The van der Waals surface area contributed by atoms with Crippen LogP contribution in [0.1, 0.15) is 39.0 Å². The number of hydrogen-bond acceptors (Lipinski definition) is 5. The van der Waals surface area contributed by atoms with E-state index in [4.69, 9.17) is 0 Å². The van der Waals surface area contributed by atoms with Crippen molar-refractivity contribution in [1.82, 2.24) is 9.97 Å². The highest BCUT2D eigenvalue weighted by atomic mass is 16.1. The Morgan fingerprint density at radius 3 is 2.67 bits per heavy atom. The maximum absolute atomic E-state index is 11.8. The molecule has 0 aromatic carbocycles. The molecule has 6 heteroatoms. The van der Waals surface area contributed by atoms with E-state index in [-0.39, 0.29) is 5.91 Å². The Hall–Kier alpha value is -1.85. The molecule has 0 aliphatic carbocycles. The minimum absolute atomic E-state index is 0.00919. The van der Waals surface area contributed by atoms with Gasteiger partial charge in [0.1, 0.15) is 5.69 Å². The topological polar surface area (TPSA) is 61.4 Å². The van der Waals surface area contributed by atoms with E-state index in [1.807, 2.05) is 25.9 Å². The molecule has 2 rings (SSSR count). The van der Waals surface area contributed by atoms with Crippen LogP contribution in [0, 0.1) is 0 Å². The van der Waals surface area contributed by atoms with E-state index in [0.29, 0.717) is 12.1 Å². The number of anilines is 3. The molecule has 0 atom stereocenters. The van der Waals surface area contributed by atoms with Gasteiger partial charge in [-0.2, -0.15) is 4.98 Å². The predicted molar refractivity (Wildman–Crippen MR) is 86.0 cm³/mol. The predicted octanol–water partition coefficient (Wildman–Crippen LogP) is 2.27. The van der Waals surface area contributed by atoms with Gasteiger partial charge in [0.2, 0.25) is 11.9 Å². The monoisotopic (exact) mass is 291 g/mol. The summed E-state index contributed by atoms with van der Waals surface area (Å²) < 4.78 is 0. The van der Waals surface area contributed by atoms with E-state index in [1.54, 1.807) is 6.20 Å². The molecule has 0 radical (unpaired) electrons. The Balaban J connectivity index is 2.20. The van der Waals surface area contributed by atoms with Crippen molar-refractivity contribution in [3.05, 3.63) is 6.20 Å². The van der Waals surface area contributed by atoms with Crippen LogP contribution < -0.4 is 15.1 Å². The third-order valence-electron chi connectivity index (χ3n) is 3.57. The molecule has 0 spiro atoms. The number of hydrogen-bond donors (Lipinski definition) is 1. The molecule has 1 aliphatic heterocycles. The van der Waals surface area contributed by atoms with E-state index in [2.05, 4.69) is 20.2 Å².